The van der Waals surface area contributed by atoms with Crippen LogP contribution in [0.5, 0.6) is 0 Å². The number of carbonyl (C=O) groups is 4. The van der Waals surface area contributed by atoms with Crippen LogP contribution in [0, 0.1) is 5.92 Å². The van der Waals surface area contributed by atoms with Crippen molar-refractivity contribution in [3.8, 4) is 0 Å². The molecule has 44 heavy (non-hydrogen) atoms. The van der Waals surface area contributed by atoms with E-state index in [9.17, 15) is 32.3 Å². The van der Waals surface area contributed by atoms with Crippen LogP contribution in [0.15, 0.2) is 24.3 Å². The smallest absolute Gasteiger partial charge is 0.452 e. The van der Waals surface area contributed by atoms with Crippen LogP contribution in [0.2, 0.25) is 0 Å². The normalized spacial score (nSPS) is 13.2. The Morgan fingerprint density at radius 3 is 1.64 bits per heavy atom. The molecule has 7 nitrogen and oxygen atoms in total. The molecule has 0 spiro atoms. The molecule has 1 rings (SSSR count). The molecule has 0 saturated heterocycles. The minimum atomic E-state index is -5.00. The molecule has 0 fully saturated rings. The van der Waals surface area contributed by atoms with Crippen molar-refractivity contribution >= 4 is 29.2 Å². The molecule has 2 atom stereocenters. The van der Waals surface area contributed by atoms with Gasteiger partial charge in [-0.15, -0.1) is 0 Å². The molecule has 0 heterocycles. The van der Waals surface area contributed by atoms with Crippen molar-refractivity contribution in [1.29, 1.82) is 0 Å². The number of ether oxygens (including phenoxy) is 2. The zero-order valence-corrected chi connectivity index (χ0v) is 27.2. The van der Waals surface area contributed by atoms with Gasteiger partial charge in [0.25, 0.3) is 5.78 Å². The van der Waals surface area contributed by atoms with E-state index in [1.165, 1.54) is 82.6 Å². The summed E-state index contributed by atoms with van der Waals surface area (Å²) in [6, 6.07) is 3.76. The third kappa shape index (κ3) is 15.7. The number of unbranched alkanes of at least 4 members (excludes halogenated alkanes) is 12. The van der Waals surface area contributed by atoms with E-state index in [0.717, 1.165) is 25.7 Å². The van der Waals surface area contributed by atoms with Gasteiger partial charge in [-0.25, -0.2) is 0 Å². The first-order valence-electron chi connectivity index (χ1n) is 16.1. The minimum Gasteiger partial charge on any atom is -0.465 e. The summed E-state index contributed by atoms with van der Waals surface area (Å²) < 4.78 is 50.1. The lowest BCUT2D eigenvalue weighted by Gasteiger charge is -2.23. The van der Waals surface area contributed by atoms with Gasteiger partial charge in [0.05, 0.1) is 12.6 Å². The number of carbonyl (C=O) groups excluding carboxylic acids is 4. The molecule has 2 unspecified atom stereocenters. The van der Waals surface area contributed by atoms with Gasteiger partial charge < -0.3 is 14.8 Å². The van der Waals surface area contributed by atoms with Gasteiger partial charge in [0.2, 0.25) is 5.92 Å². The molecule has 0 saturated carbocycles. The van der Waals surface area contributed by atoms with Gasteiger partial charge in [0.1, 0.15) is 5.60 Å². The fourth-order valence-corrected chi connectivity index (χ4v) is 4.83. The number of hydrogen-bond donors (Lipinski definition) is 1. The van der Waals surface area contributed by atoms with Crippen LogP contribution in [-0.2, 0) is 23.9 Å². The summed E-state index contributed by atoms with van der Waals surface area (Å²) in [5.41, 5.74) is -0.790. The third-order valence-corrected chi connectivity index (χ3v) is 7.13. The van der Waals surface area contributed by atoms with Crippen molar-refractivity contribution in [1.82, 2.24) is 0 Å². The Labute approximate surface area is 261 Å². The maximum Gasteiger partial charge on any atom is 0.452 e. The molecule has 1 aromatic rings. The van der Waals surface area contributed by atoms with E-state index in [-0.39, 0.29) is 24.3 Å². The minimum absolute atomic E-state index is 0.0142. The molecule has 0 aliphatic heterocycles. The molecular formula is C34H52F3NO6. The van der Waals surface area contributed by atoms with Gasteiger partial charge >= 0.3 is 18.1 Å². The van der Waals surface area contributed by atoms with Crippen LogP contribution in [0.4, 0.5) is 18.9 Å². The lowest BCUT2D eigenvalue weighted by atomic mass is 9.96. The Bertz CT molecular complexity index is 1020. The highest BCUT2D eigenvalue weighted by Gasteiger charge is 2.43. The van der Waals surface area contributed by atoms with E-state index in [1.807, 2.05) is 0 Å². The van der Waals surface area contributed by atoms with Crippen LogP contribution in [0.25, 0.3) is 0 Å². The molecule has 10 heteroatoms. The number of alkyl halides is 3. The monoisotopic (exact) mass is 627 g/mol. The number of benzene rings is 1. The fourth-order valence-electron chi connectivity index (χ4n) is 4.83. The number of esters is 2. The highest BCUT2D eigenvalue weighted by atomic mass is 19.4. The van der Waals surface area contributed by atoms with E-state index in [0.29, 0.717) is 6.42 Å². The predicted octanol–water partition coefficient (Wildman–Crippen LogP) is 8.78. The van der Waals surface area contributed by atoms with Crippen LogP contribution in [-0.4, -0.2) is 47.9 Å². The van der Waals surface area contributed by atoms with Gasteiger partial charge in [-0.3, -0.25) is 19.2 Å². The standard InChI is InChI=1S/C34H52F3NO6/c1-6-8-9-10-11-12-13-14-15-16-17-18-19-20-27(30(40)34(35,36)37)38-26-23-21-25(22-24-26)29(39)28(31(41)43-7-2)32(42)44-33(3,4)5/h21-24,27-28,38H,6-20H2,1-5H3. The molecule has 0 aliphatic carbocycles. The Balaban J connectivity index is 2.72. The SMILES string of the molecule is CCCCCCCCCCCCCCCC(Nc1ccc(C(=O)C(C(=O)OCC)C(=O)OC(C)(C)C)cc1)C(=O)C(F)(F)F. The molecule has 0 aliphatic rings. The van der Waals surface area contributed by atoms with Crippen LogP contribution < -0.4 is 5.32 Å². The van der Waals surface area contributed by atoms with E-state index >= 15 is 0 Å². The van der Waals surface area contributed by atoms with Crippen LogP contribution in [0.3, 0.4) is 0 Å². The molecule has 1 N–H and O–H groups in total. The molecular weight excluding hydrogens is 575 g/mol. The number of halogens is 3. The largest absolute Gasteiger partial charge is 0.465 e. The molecule has 0 radical (unpaired) electrons. The van der Waals surface area contributed by atoms with Gasteiger partial charge in [-0.05, 0) is 58.4 Å². The first-order chi connectivity index (χ1) is 20.7. The molecule has 0 bridgehead atoms. The molecule has 0 amide bonds. The number of nitrogens with one attached hydrogen (secondary N) is 1. The summed E-state index contributed by atoms with van der Waals surface area (Å²) in [4.78, 5) is 50.3. The number of Topliss-reactive ketones (excluding diaryl/α,β-unsaturated/α-hetero) is 2. The number of ketones is 2. The average molecular weight is 628 g/mol. The lowest BCUT2D eigenvalue weighted by Crippen LogP contribution is -2.39. The predicted molar refractivity (Wildman–Crippen MR) is 166 cm³/mol. The van der Waals surface area contributed by atoms with Crippen molar-refractivity contribution in [2.75, 3.05) is 11.9 Å². The number of anilines is 1. The van der Waals surface area contributed by atoms with Gasteiger partial charge in [0.15, 0.2) is 5.78 Å². The maximum absolute atomic E-state index is 13.3. The summed E-state index contributed by atoms with van der Waals surface area (Å²) >= 11 is 0. The van der Waals surface area contributed by atoms with Gasteiger partial charge in [-0.2, -0.15) is 13.2 Å². The highest BCUT2D eigenvalue weighted by Crippen LogP contribution is 2.25. The first-order valence-corrected chi connectivity index (χ1v) is 16.1. The third-order valence-electron chi connectivity index (χ3n) is 7.13. The zero-order chi connectivity index (χ0) is 33.2. The van der Waals surface area contributed by atoms with Crippen LogP contribution >= 0.6 is 0 Å². The van der Waals surface area contributed by atoms with Crippen molar-refractivity contribution in [2.45, 2.75) is 142 Å². The summed E-state index contributed by atoms with van der Waals surface area (Å²) in [6.45, 7) is 8.46. The molecule has 1 aromatic carbocycles. The topological polar surface area (TPSA) is 98.8 Å². The van der Waals surface area contributed by atoms with Crippen molar-refractivity contribution < 1.29 is 41.8 Å². The average Bonchev–Trinajstić information content (AvgIpc) is 2.93. The Morgan fingerprint density at radius 2 is 1.20 bits per heavy atom. The summed E-state index contributed by atoms with van der Waals surface area (Å²) in [5.74, 6) is -6.68. The zero-order valence-electron chi connectivity index (χ0n) is 27.2. The van der Waals surface area contributed by atoms with Crippen LogP contribution in [0.1, 0.15) is 135 Å². The number of hydrogen-bond acceptors (Lipinski definition) is 7. The second-order valence-electron chi connectivity index (χ2n) is 12.3. The molecule has 250 valence electrons. The molecule has 0 aromatic heterocycles. The van der Waals surface area contributed by atoms with E-state index in [2.05, 4.69) is 12.2 Å². The lowest BCUT2D eigenvalue weighted by molar-refractivity contribution is -0.172. The maximum atomic E-state index is 13.3. The Morgan fingerprint density at radius 1 is 0.727 bits per heavy atom. The Hall–Kier alpha value is -2.91. The highest BCUT2D eigenvalue weighted by molar-refractivity contribution is 6.20. The van der Waals surface area contributed by atoms with Gasteiger partial charge in [0, 0.05) is 11.3 Å². The Kier molecular flexibility index (Phi) is 17.9. The summed E-state index contributed by atoms with van der Waals surface area (Å²) in [5, 5.41) is 2.66. The van der Waals surface area contributed by atoms with Crippen molar-refractivity contribution in [2.24, 2.45) is 5.92 Å². The quantitative estimate of drug-likeness (QED) is 0.0594. The first kappa shape index (κ1) is 39.1. The second-order valence-corrected chi connectivity index (χ2v) is 12.3. The second kappa shape index (κ2) is 20.2. The fraction of sp³-hybridized carbons (Fsp3) is 0.706. The summed E-state index contributed by atoms with van der Waals surface area (Å²) in [6.07, 6.45) is 9.30. The van der Waals surface area contributed by atoms with E-state index in [4.69, 9.17) is 9.47 Å². The van der Waals surface area contributed by atoms with Crippen molar-refractivity contribution in [3.05, 3.63) is 29.8 Å². The van der Waals surface area contributed by atoms with Gasteiger partial charge in [-0.1, -0.05) is 90.4 Å². The number of rotatable bonds is 22. The van der Waals surface area contributed by atoms with E-state index in [1.54, 1.807) is 20.8 Å². The van der Waals surface area contributed by atoms with E-state index < -0.39 is 47.2 Å². The summed E-state index contributed by atoms with van der Waals surface area (Å²) in [7, 11) is 0. The van der Waals surface area contributed by atoms with Crippen molar-refractivity contribution in [3.63, 3.8) is 0 Å².